The molecular weight excluding hydrogens is 307 g/mol. The molecule has 0 saturated carbocycles. The van der Waals surface area contributed by atoms with E-state index >= 15 is 0 Å². The molecule has 0 radical (unpaired) electrons. The molecule has 1 aliphatic rings. The molecule has 0 spiro atoms. The quantitative estimate of drug-likeness (QED) is 0.676. The second-order valence-electron chi connectivity index (χ2n) is 6.00. The molecule has 0 aromatic carbocycles. The van der Waals surface area contributed by atoms with Gasteiger partial charge in [0.2, 0.25) is 5.95 Å². The van der Waals surface area contributed by atoms with Crippen LogP contribution in [0.4, 0.5) is 16.2 Å². The van der Waals surface area contributed by atoms with E-state index in [-0.39, 0.29) is 0 Å². The van der Waals surface area contributed by atoms with E-state index < -0.39 is 5.82 Å². The Morgan fingerprint density at radius 1 is 1.33 bits per heavy atom. The Hall–Kier alpha value is -2.44. The number of hydrogen-bond acceptors (Lipinski definition) is 5. The van der Waals surface area contributed by atoms with Crippen LogP contribution in [-0.2, 0) is 6.54 Å². The number of aryl methyl sites for hydroxylation is 1. The monoisotopic (exact) mass is 330 g/mol. The van der Waals surface area contributed by atoms with Gasteiger partial charge >= 0.3 is 0 Å². The lowest BCUT2D eigenvalue weighted by Crippen LogP contribution is -2.21. The van der Waals surface area contributed by atoms with Gasteiger partial charge in [-0.1, -0.05) is 0 Å². The second-order valence-corrected chi connectivity index (χ2v) is 6.00. The van der Waals surface area contributed by atoms with Gasteiger partial charge in [-0.05, 0) is 39.7 Å². The highest BCUT2D eigenvalue weighted by Gasteiger charge is 2.18. The lowest BCUT2D eigenvalue weighted by Gasteiger charge is -2.16. The number of halogens is 1. The third-order valence-corrected chi connectivity index (χ3v) is 4.43. The summed E-state index contributed by atoms with van der Waals surface area (Å²) < 4.78 is 16.1. The predicted octanol–water partition coefficient (Wildman–Crippen LogP) is 3.10. The van der Waals surface area contributed by atoms with Crippen molar-refractivity contribution >= 4 is 18.0 Å². The first kappa shape index (κ1) is 16.4. The fourth-order valence-electron chi connectivity index (χ4n) is 3.17. The molecule has 128 valence electrons. The van der Waals surface area contributed by atoms with Gasteiger partial charge < -0.3 is 9.47 Å². The molecule has 1 saturated heterocycles. The van der Waals surface area contributed by atoms with Gasteiger partial charge in [-0.25, -0.2) is 14.8 Å². The van der Waals surface area contributed by atoms with Gasteiger partial charge in [-0.2, -0.15) is 10.1 Å². The molecule has 1 fully saturated rings. The van der Waals surface area contributed by atoms with Crippen LogP contribution in [0, 0.1) is 19.7 Å². The highest BCUT2D eigenvalue weighted by Crippen LogP contribution is 2.21. The molecule has 1 aliphatic heterocycles. The summed E-state index contributed by atoms with van der Waals surface area (Å²) in [5.74, 6) is 0.265. The van der Waals surface area contributed by atoms with Crippen molar-refractivity contribution < 1.29 is 4.39 Å². The number of nitrogens with one attached hydrogen (secondary N) is 1. The summed E-state index contributed by atoms with van der Waals surface area (Å²) in [6.07, 6.45) is 5.08. The van der Waals surface area contributed by atoms with Crippen LogP contribution in [0.3, 0.4) is 0 Å². The molecule has 1 N–H and O–H groups in total. The number of rotatable bonds is 5. The molecular formula is C17H23FN6. The van der Waals surface area contributed by atoms with Gasteiger partial charge in [0, 0.05) is 36.6 Å². The standard InChI is InChI=1S/C17H23FN6/c1-4-24-12(2)9-14(13(24)3)10-20-22-17-19-11-15(18)16(21-17)23-7-5-6-8-23/h9-11H,4-8H2,1-3H3,(H,19,21,22). The molecule has 24 heavy (non-hydrogen) atoms. The van der Waals surface area contributed by atoms with Crippen molar-refractivity contribution in [3.05, 3.63) is 35.0 Å². The average molecular weight is 330 g/mol. The normalized spacial score (nSPS) is 14.8. The first-order valence-corrected chi connectivity index (χ1v) is 8.33. The Balaban J connectivity index is 1.73. The van der Waals surface area contributed by atoms with Gasteiger partial charge in [0.1, 0.15) is 0 Å². The molecule has 0 aliphatic carbocycles. The van der Waals surface area contributed by atoms with Crippen molar-refractivity contribution in [3.8, 4) is 0 Å². The van der Waals surface area contributed by atoms with Gasteiger partial charge in [-0.3, -0.25) is 0 Å². The number of aromatic nitrogens is 3. The van der Waals surface area contributed by atoms with Crippen molar-refractivity contribution in [2.45, 2.75) is 40.2 Å². The van der Waals surface area contributed by atoms with Crippen LogP contribution in [0.1, 0.15) is 36.7 Å². The zero-order chi connectivity index (χ0) is 17.1. The van der Waals surface area contributed by atoms with E-state index in [1.807, 2.05) is 4.90 Å². The van der Waals surface area contributed by atoms with E-state index in [0.717, 1.165) is 38.0 Å². The molecule has 0 bridgehead atoms. The highest BCUT2D eigenvalue weighted by molar-refractivity contribution is 5.82. The van der Waals surface area contributed by atoms with Gasteiger partial charge in [0.15, 0.2) is 11.6 Å². The van der Waals surface area contributed by atoms with Crippen LogP contribution < -0.4 is 10.3 Å². The van der Waals surface area contributed by atoms with Crippen LogP contribution in [0.15, 0.2) is 17.4 Å². The minimum absolute atomic E-state index is 0.304. The molecule has 3 rings (SSSR count). The summed E-state index contributed by atoms with van der Waals surface area (Å²) in [6, 6.07) is 2.09. The third kappa shape index (κ3) is 3.25. The average Bonchev–Trinajstić information content (AvgIpc) is 3.18. The van der Waals surface area contributed by atoms with Gasteiger partial charge in [0.25, 0.3) is 0 Å². The van der Waals surface area contributed by atoms with Crippen LogP contribution in [0.2, 0.25) is 0 Å². The Bertz CT molecular complexity index is 746. The minimum Gasteiger partial charge on any atom is -0.354 e. The van der Waals surface area contributed by atoms with Crippen molar-refractivity contribution in [2.75, 3.05) is 23.4 Å². The Morgan fingerprint density at radius 2 is 2.08 bits per heavy atom. The van der Waals surface area contributed by atoms with Gasteiger partial charge in [0.05, 0.1) is 12.4 Å². The first-order valence-electron chi connectivity index (χ1n) is 8.33. The van der Waals surface area contributed by atoms with Crippen LogP contribution >= 0.6 is 0 Å². The Kier molecular flexibility index (Phi) is 4.78. The molecule has 7 heteroatoms. The molecule has 0 amide bonds. The third-order valence-electron chi connectivity index (χ3n) is 4.43. The highest BCUT2D eigenvalue weighted by atomic mass is 19.1. The maximum atomic E-state index is 13.9. The fourth-order valence-corrected chi connectivity index (χ4v) is 3.17. The van der Waals surface area contributed by atoms with Crippen molar-refractivity contribution in [2.24, 2.45) is 5.10 Å². The largest absolute Gasteiger partial charge is 0.354 e. The van der Waals surface area contributed by atoms with Crippen molar-refractivity contribution in [1.82, 2.24) is 14.5 Å². The maximum Gasteiger partial charge on any atom is 0.245 e. The summed E-state index contributed by atoms with van der Waals surface area (Å²) in [6.45, 7) is 8.86. The van der Waals surface area contributed by atoms with Gasteiger partial charge in [-0.15, -0.1) is 0 Å². The summed E-state index contributed by atoms with van der Waals surface area (Å²) in [5.41, 5.74) is 6.21. The van der Waals surface area contributed by atoms with E-state index in [1.54, 1.807) is 6.21 Å². The number of hydrogen-bond donors (Lipinski definition) is 1. The summed E-state index contributed by atoms with van der Waals surface area (Å²) in [4.78, 5) is 10.2. The fraction of sp³-hybridized carbons (Fsp3) is 0.471. The minimum atomic E-state index is -0.391. The topological polar surface area (TPSA) is 58.3 Å². The maximum absolute atomic E-state index is 13.9. The van der Waals surface area contributed by atoms with E-state index in [9.17, 15) is 4.39 Å². The Morgan fingerprint density at radius 3 is 2.75 bits per heavy atom. The summed E-state index contributed by atoms with van der Waals surface area (Å²) in [7, 11) is 0. The van der Waals surface area contributed by atoms with Crippen LogP contribution in [-0.4, -0.2) is 33.8 Å². The van der Waals surface area contributed by atoms with E-state index in [2.05, 4.69) is 51.9 Å². The smallest absolute Gasteiger partial charge is 0.245 e. The number of hydrazone groups is 1. The van der Waals surface area contributed by atoms with Crippen LogP contribution in [0.25, 0.3) is 0 Å². The summed E-state index contributed by atoms with van der Waals surface area (Å²) >= 11 is 0. The van der Waals surface area contributed by atoms with E-state index in [4.69, 9.17) is 0 Å². The molecule has 0 atom stereocenters. The number of nitrogens with zero attached hydrogens (tertiary/aromatic N) is 5. The molecule has 2 aromatic rings. The van der Waals surface area contributed by atoms with Crippen molar-refractivity contribution in [1.29, 1.82) is 0 Å². The zero-order valence-electron chi connectivity index (χ0n) is 14.4. The lowest BCUT2D eigenvalue weighted by atomic mass is 10.3. The van der Waals surface area contributed by atoms with E-state index in [0.29, 0.717) is 11.8 Å². The lowest BCUT2D eigenvalue weighted by molar-refractivity contribution is 0.608. The second kappa shape index (κ2) is 6.98. The molecule has 2 aromatic heterocycles. The number of anilines is 2. The SMILES string of the molecule is CCn1c(C)cc(C=NNc2ncc(F)c(N3CCCC3)n2)c1C. The van der Waals surface area contributed by atoms with Crippen molar-refractivity contribution in [3.63, 3.8) is 0 Å². The Labute approximate surface area is 141 Å². The van der Waals surface area contributed by atoms with Crippen LogP contribution in [0.5, 0.6) is 0 Å². The zero-order valence-corrected chi connectivity index (χ0v) is 14.4. The van der Waals surface area contributed by atoms with E-state index in [1.165, 1.54) is 17.6 Å². The predicted molar refractivity (Wildman–Crippen MR) is 94.2 cm³/mol. The first-order chi connectivity index (χ1) is 11.6. The molecule has 0 unspecified atom stereocenters. The summed E-state index contributed by atoms with van der Waals surface area (Å²) in [5, 5.41) is 4.20. The molecule has 6 nitrogen and oxygen atoms in total. The molecule has 3 heterocycles.